The standard InChI is InChI=1S/C10H8BrIO3/c1-5(13)9(11)7-3-2-6(12)4-8(7)10(14)15/h2-4,9H,1H3,(H,14,15). The first-order valence-electron chi connectivity index (χ1n) is 4.10. The van der Waals surface area contributed by atoms with Crippen LogP contribution in [-0.4, -0.2) is 16.9 Å². The minimum Gasteiger partial charge on any atom is -0.478 e. The van der Waals surface area contributed by atoms with E-state index in [4.69, 9.17) is 5.11 Å². The molecule has 1 N–H and O–H groups in total. The summed E-state index contributed by atoms with van der Waals surface area (Å²) in [6.45, 7) is 1.42. The van der Waals surface area contributed by atoms with Gasteiger partial charge in [-0.25, -0.2) is 4.79 Å². The number of carbonyl (C=O) groups is 2. The first kappa shape index (κ1) is 12.6. The van der Waals surface area contributed by atoms with E-state index in [1.807, 2.05) is 22.6 Å². The Morgan fingerprint density at radius 2 is 2.07 bits per heavy atom. The van der Waals surface area contributed by atoms with Gasteiger partial charge in [0.2, 0.25) is 0 Å². The van der Waals surface area contributed by atoms with Crippen molar-refractivity contribution in [2.75, 3.05) is 0 Å². The number of halogens is 2. The van der Waals surface area contributed by atoms with Crippen LogP contribution in [0.4, 0.5) is 0 Å². The summed E-state index contributed by atoms with van der Waals surface area (Å²) in [5.74, 6) is -1.13. The lowest BCUT2D eigenvalue weighted by molar-refractivity contribution is -0.116. The molecule has 0 spiro atoms. The van der Waals surface area contributed by atoms with Gasteiger partial charge in [0.1, 0.15) is 5.78 Å². The zero-order chi connectivity index (χ0) is 11.6. The van der Waals surface area contributed by atoms with E-state index in [2.05, 4.69) is 15.9 Å². The van der Waals surface area contributed by atoms with Crippen molar-refractivity contribution in [3.8, 4) is 0 Å². The summed E-state index contributed by atoms with van der Waals surface area (Å²) in [5, 5.41) is 8.99. The van der Waals surface area contributed by atoms with Gasteiger partial charge in [-0.1, -0.05) is 22.0 Å². The van der Waals surface area contributed by atoms with Gasteiger partial charge in [-0.05, 0) is 47.2 Å². The maximum atomic E-state index is 11.2. The van der Waals surface area contributed by atoms with Crippen molar-refractivity contribution in [2.24, 2.45) is 0 Å². The Hall–Kier alpha value is -0.430. The minimum atomic E-state index is -1.02. The van der Waals surface area contributed by atoms with Crippen LogP contribution >= 0.6 is 38.5 Å². The lowest BCUT2D eigenvalue weighted by Crippen LogP contribution is -2.09. The Kier molecular flexibility index (Phi) is 4.27. The second-order valence-electron chi connectivity index (χ2n) is 3.01. The molecule has 1 atom stereocenters. The first-order chi connectivity index (χ1) is 6.93. The van der Waals surface area contributed by atoms with E-state index in [1.165, 1.54) is 6.92 Å². The first-order valence-corrected chi connectivity index (χ1v) is 6.10. The van der Waals surface area contributed by atoms with Gasteiger partial charge in [0.05, 0.1) is 10.4 Å². The molecule has 3 nitrogen and oxygen atoms in total. The fourth-order valence-corrected chi connectivity index (χ4v) is 2.04. The van der Waals surface area contributed by atoms with E-state index in [0.717, 1.165) is 3.57 Å². The number of aromatic carboxylic acids is 1. The van der Waals surface area contributed by atoms with E-state index in [9.17, 15) is 9.59 Å². The molecule has 1 aromatic carbocycles. The normalized spacial score (nSPS) is 12.2. The quantitative estimate of drug-likeness (QED) is 0.645. The second-order valence-corrected chi connectivity index (χ2v) is 5.17. The van der Waals surface area contributed by atoms with E-state index in [-0.39, 0.29) is 11.3 Å². The van der Waals surface area contributed by atoms with Crippen molar-refractivity contribution in [1.29, 1.82) is 0 Å². The third-order valence-electron chi connectivity index (χ3n) is 1.88. The van der Waals surface area contributed by atoms with Gasteiger partial charge >= 0.3 is 5.97 Å². The zero-order valence-electron chi connectivity index (χ0n) is 7.83. The summed E-state index contributed by atoms with van der Waals surface area (Å²) in [6, 6.07) is 4.99. The number of benzene rings is 1. The van der Waals surface area contributed by atoms with Crippen molar-refractivity contribution >= 4 is 50.3 Å². The van der Waals surface area contributed by atoms with Gasteiger partial charge < -0.3 is 5.11 Å². The van der Waals surface area contributed by atoms with Crippen molar-refractivity contribution in [3.05, 3.63) is 32.9 Å². The Bertz CT molecular complexity index is 417. The van der Waals surface area contributed by atoms with E-state index >= 15 is 0 Å². The molecule has 5 heteroatoms. The fourth-order valence-electron chi connectivity index (χ4n) is 1.15. The molecular formula is C10H8BrIO3. The molecule has 0 bridgehead atoms. The summed E-state index contributed by atoms with van der Waals surface area (Å²) >= 11 is 5.21. The molecule has 0 aliphatic carbocycles. The molecule has 15 heavy (non-hydrogen) atoms. The van der Waals surface area contributed by atoms with E-state index < -0.39 is 10.8 Å². The predicted molar refractivity (Wildman–Crippen MR) is 68.5 cm³/mol. The molecule has 0 amide bonds. The van der Waals surface area contributed by atoms with Crippen LogP contribution in [0.2, 0.25) is 0 Å². The number of carbonyl (C=O) groups excluding carboxylic acids is 1. The maximum absolute atomic E-state index is 11.2. The highest BCUT2D eigenvalue weighted by Gasteiger charge is 2.20. The monoisotopic (exact) mass is 382 g/mol. The second kappa shape index (κ2) is 5.07. The largest absolute Gasteiger partial charge is 0.478 e. The van der Waals surface area contributed by atoms with Crippen molar-refractivity contribution in [1.82, 2.24) is 0 Å². The van der Waals surface area contributed by atoms with E-state index in [1.54, 1.807) is 18.2 Å². The number of Topliss-reactive ketones (excluding diaryl/α,β-unsaturated/α-hetero) is 1. The molecule has 1 aromatic rings. The molecule has 0 aromatic heterocycles. The number of ketones is 1. The van der Waals surface area contributed by atoms with E-state index in [0.29, 0.717) is 5.56 Å². The molecular weight excluding hydrogens is 375 g/mol. The summed E-state index contributed by atoms with van der Waals surface area (Å²) in [4.78, 5) is 21.6. The molecule has 0 radical (unpaired) electrons. The fraction of sp³-hybridized carbons (Fsp3) is 0.200. The Morgan fingerprint density at radius 3 is 2.53 bits per heavy atom. The molecule has 1 unspecified atom stereocenters. The number of rotatable bonds is 3. The highest BCUT2D eigenvalue weighted by molar-refractivity contribution is 14.1. The SMILES string of the molecule is CC(=O)C(Br)c1ccc(I)cc1C(=O)O. The van der Waals surface area contributed by atoms with Gasteiger partial charge in [-0.15, -0.1) is 0 Å². The summed E-state index contributed by atoms with van der Waals surface area (Å²) in [6.07, 6.45) is 0. The maximum Gasteiger partial charge on any atom is 0.336 e. The molecule has 80 valence electrons. The summed E-state index contributed by atoms with van der Waals surface area (Å²) < 4.78 is 0.831. The van der Waals surface area contributed by atoms with Crippen LogP contribution in [0.25, 0.3) is 0 Å². The Labute approximate surface area is 109 Å². The van der Waals surface area contributed by atoms with Crippen LogP contribution in [0.15, 0.2) is 18.2 Å². The Balaban J connectivity index is 3.28. The third kappa shape index (κ3) is 3.01. The predicted octanol–water partition coefficient (Wildman–Crippen LogP) is 3.01. The van der Waals surface area contributed by atoms with Crippen molar-refractivity contribution in [3.63, 3.8) is 0 Å². The highest BCUT2D eigenvalue weighted by atomic mass is 127. The highest BCUT2D eigenvalue weighted by Crippen LogP contribution is 2.28. The number of hydrogen-bond acceptors (Lipinski definition) is 2. The van der Waals surface area contributed by atoms with Crippen LogP contribution < -0.4 is 0 Å². The van der Waals surface area contributed by atoms with Gasteiger partial charge in [-0.3, -0.25) is 4.79 Å². The van der Waals surface area contributed by atoms with Crippen LogP contribution in [0.1, 0.15) is 27.7 Å². The van der Waals surface area contributed by atoms with Crippen LogP contribution in [-0.2, 0) is 4.79 Å². The number of hydrogen-bond donors (Lipinski definition) is 1. The van der Waals surface area contributed by atoms with Crippen molar-refractivity contribution in [2.45, 2.75) is 11.8 Å². The van der Waals surface area contributed by atoms with Gasteiger partial charge in [0, 0.05) is 3.57 Å². The lowest BCUT2D eigenvalue weighted by atomic mass is 10.0. The smallest absolute Gasteiger partial charge is 0.336 e. The third-order valence-corrected chi connectivity index (χ3v) is 3.68. The van der Waals surface area contributed by atoms with Crippen molar-refractivity contribution < 1.29 is 14.7 Å². The molecule has 0 aliphatic rings. The minimum absolute atomic E-state index is 0.112. The number of carboxylic acid groups (broad SMARTS) is 1. The summed E-state index contributed by atoms with van der Waals surface area (Å²) in [5.41, 5.74) is 0.661. The van der Waals surface area contributed by atoms with Crippen LogP contribution in [0.3, 0.4) is 0 Å². The average Bonchev–Trinajstić information content (AvgIpc) is 2.16. The molecule has 0 heterocycles. The van der Waals surface area contributed by atoms with Gasteiger partial charge in [-0.2, -0.15) is 0 Å². The van der Waals surface area contributed by atoms with Crippen LogP contribution in [0.5, 0.6) is 0 Å². The summed E-state index contributed by atoms with van der Waals surface area (Å²) in [7, 11) is 0. The molecule has 0 saturated carbocycles. The molecule has 0 aliphatic heterocycles. The molecule has 1 rings (SSSR count). The van der Waals surface area contributed by atoms with Crippen LogP contribution in [0, 0.1) is 3.57 Å². The lowest BCUT2D eigenvalue weighted by Gasteiger charge is -2.10. The topological polar surface area (TPSA) is 54.4 Å². The number of carboxylic acids is 1. The number of alkyl halides is 1. The zero-order valence-corrected chi connectivity index (χ0v) is 11.6. The molecule has 0 fully saturated rings. The van der Waals surface area contributed by atoms with Gasteiger partial charge in [0.15, 0.2) is 0 Å². The Morgan fingerprint density at radius 1 is 1.47 bits per heavy atom. The molecule has 0 saturated heterocycles. The van der Waals surface area contributed by atoms with Gasteiger partial charge in [0.25, 0.3) is 0 Å². The average molecular weight is 383 g/mol.